The molecule has 96 valence electrons. The Morgan fingerprint density at radius 2 is 1.81 bits per heavy atom. The van der Waals surface area contributed by atoms with Crippen molar-refractivity contribution in [2.45, 2.75) is 56.4 Å². The lowest BCUT2D eigenvalue weighted by molar-refractivity contribution is -0.351. The number of aliphatic hydroxyl groups is 5. The van der Waals surface area contributed by atoms with E-state index in [0.29, 0.717) is 6.42 Å². The number of ether oxygens (including phenoxy) is 1. The van der Waals surface area contributed by atoms with Gasteiger partial charge >= 0.3 is 0 Å². The van der Waals surface area contributed by atoms with Crippen LogP contribution in [0.3, 0.4) is 0 Å². The molecule has 0 aromatic heterocycles. The van der Waals surface area contributed by atoms with E-state index < -0.39 is 36.8 Å². The van der Waals surface area contributed by atoms with Gasteiger partial charge in [0.05, 0.1) is 6.61 Å². The van der Waals surface area contributed by atoms with Crippen molar-refractivity contribution in [3.8, 4) is 0 Å². The van der Waals surface area contributed by atoms with Gasteiger partial charge in [-0.2, -0.15) is 0 Å². The normalized spacial score (nSPS) is 44.6. The zero-order valence-electron chi connectivity index (χ0n) is 9.28. The Bertz CT molecular complexity index is 221. The van der Waals surface area contributed by atoms with Gasteiger partial charge in [0, 0.05) is 6.42 Å². The topological polar surface area (TPSA) is 110 Å². The summed E-state index contributed by atoms with van der Waals surface area (Å²) in [5, 5.41) is 47.6. The molecule has 1 fully saturated rings. The van der Waals surface area contributed by atoms with Crippen LogP contribution in [0.2, 0.25) is 0 Å². The Labute approximate surface area is 94.1 Å². The van der Waals surface area contributed by atoms with Crippen molar-refractivity contribution in [3.63, 3.8) is 0 Å². The second-order valence-corrected chi connectivity index (χ2v) is 4.21. The summed E-state index contributed by atoms with van der Waals surface area (Å²) in [4.78, 5) is 0. The lowest BCUT2D eigenvalue weighted by Gasteiger charge is -2.45. The number of hydrogen-bond donors (Lipinski definition) is 5. The van der Waals surface area contributed by atoms with E-state index >= 15 is 0 Å². The molecule has 0 spiro atoms. The van der Waals surface area contributed by atoms with Crippen LogP contribution in [0.25, 0.3) is 0 Å². The fourth-order valence-corrected chi connectivity index (χ4v) is 1.86. The summed E-state index contributed by atoms with van der Waals surface area (Å²) in [6.07, 6.45) is -4.04. The van der Waals surface area contributed by atoms with Gasteiger partial charge < -0.3 is 30.3 Å². The first kappa shape index (κ1) is 13.8. The molecule has 1 aliphatic rings. The van der Waals surface area contributed by atoms with E-state index in [1.807, 2.05) is 6.92 Å². The van der Waals surface area contributed by atoms with Gasteiger partial charge in [0.1, 0.15) is 24.4 Å². The average Bonchev–Trinajstić information content (AvgIpc) is 2.29. The van der Waals surface area contributed by atoms with Crippen molar-refractivity contribution >= 4 is 0 Å². The maximum Gasteiger partial charge on any atom is 0.195 e. The summed E-state index contributed by atoms with van der Waals surface area (Å²) >= 11 is 0. The predicted molar refractivity (Wildman–Crippen MR) is 54.5 cm³/mol. The van der Waals surface area contributed by atoms with Crippen LogP contribution in [-0.4, -0.2) is 62.3 Å². The van der Waals surface area contributed by atoms with Crippen LogP contribution in [0, 0.1) is 0 Å². The van der Waals surface area contributed by atoms with Crippen LogP contribution in [0.4, 0.5) is 0 Å². The average molecular weight is 236 g/mol. The van der Waals surface area contributed by atoms with Gasteiger partial charge in [0.2, 0.25) is 0 Å². The molecule has 0 saturated carbocycles. The van der Waals surface area contributed by atoms with Gasteiger partial charge in [0.15, 0.2) is 5.79 Å². The van der Waals surface area contributed by atoms with Crippen LogP contribution in [0.15, 0.2) is 0 Å². The minimum atomic E-state index is -1.90. The maximum absolute atomic E-state index is 10.0. The molecule has 6 nitrogen and oxygen atoms in total. The van der Waals surface area contributed by atoms with Crippen LogP contribution < -0.4 is 0 Å². The summed E-state index contributed by atoms with van der Waals surface area (Å²) in [7, 11) is 0. The van der Waals surface area contributed by atoms with Crippen molar-refractivity contribution in [1.82, 2.24) is 0 Å². The monoisotopic (exact) mass is 236 g/mol. The molecule has 16 heavy (non-hydrogen) atoms. The van der Waals surface area contributed by atoms with E-state index in [-0.39, 0.29) is 6.42 Å². The van der Waals surface area contributed by atoms with Gasteiger partial charge in [-0.15, -0.1) is 0 Å². The smallest absolute Gasteiger partial charge is 0.195 e. The predicted octanol–water partition coefficient (Wildman–Crippen LogP) is -1.66. The summed E-state index contributed by atoms with van der Waals surface area (Å²) < 4.78 is 5.07. The zero-order valence-corrected chi connectivity index (χ0v) is 9.28. The third kappa shape index (κ3) is 2.53. The Morgan fingerprint density at radius 1 is 1.19 bits per heavy atom. The first-order valence-electron chi connectivity index (χ1n) is 5.51. The van der Waals surface area contributed by atoms with E-state index in [0.717, 1.165) is 6.42 Å². The minimum absolute atomic E-state index is 0.144. The Kier molecular flexibility index (Phi) is 4.66. The molecule has 0 aliphatic carbocycles. The second-order valence-electron chi connectivity index (χ2n) is 4.21. The lowest BCUT2D eigenvalue weighted by Crippen LogP contribution is -2.65. The first-order valence-corrected chi connectivity index (χ1v) is 5.51. The maximum atomic E-state index is 10.0. The molecule has 1 aliphatic heterocycles. The number of unbranched alkanes of at least 4 members (excludes halogenated alkanes) is 1. The molecule has 0 aromatic carbocycles. The largest absolute Gasteiger partial charge is 0.394 e. The Balaban J connectivity index is 2.76. The molecule has 1 rings (SSSR count). The number of hydrogen-bond acceptors (Lipinski definition) is 6. The highest BCUT2D eigenvalue weighted by Crippen LogP contribution is 2.31. The highest BCUT2D eigenvalue weighted by Gasteiger charge is 2.51. The van der Waals surface area contributed by atoms with Crippen molar-refractivity contribution in [2.24, 2.45) is 0 Å². The Morgan fingerprint density at radius 3 is 2.31 bits per heavy atom. The zero-order chi connectivity index (χ0) is 12.3. The molecule has 1 saturated heterocycles. The lowest BCUT2D eigenvalue weighted by atomic mass is 9.90. The molecule has 6 heteroatoms. The van der Waals surface area contributed by atoms with Gasteiger partial charge in [-0.1, -0.05) is 13.3 Å². The molecular formula is C10H20O6. The second kappa shape index (κ2) is 5.39. The van der Waals surface area contributed by atoms with E-state index in [1.165, 1.54) is 0 Å². The van der Waals surface area contributed by atoms with E-state index in [2.05, 4.69) is 0 Å². The summed E-state index contributed by atoms with van der Waals surface area (Å²) in [6, 6.07) is 0. The standard InChI is InChI=1S/C10H20O6/c1-2-3-4-10(15)9(14)8(13)7(12)6(5-11)16-10/h6-9,11-15H,2-5H2,1H3/t6-,7-,8+,9-,10+/m1/s1. The summed E-state index contributed by atoms with van der Waals surface area (Å²) in [5.41, 5.74) is 0. The molecule has 0 amide bonds. The van der Waals surface area contributed by atoms with Crippen molar-refractivity contribution < 1.29 is 30.3 Å². The SMILES string of the molecule is CCCC[C@]1(O)O[C@H](CO)[C@@H](O)[C@H](O)[C@H]1O. The van der Waals surface area contributed by atoms with Gasteiger partial charge in [0.25, 0.3) is 0 Å². The van der Waals surface area contributed by atoms with Gasteiger partial charge in [-0.05, 0) is 6.42 Å². The third-order valence-electron chi connectivity index (χ3n) is 2.94. The van der Waals surface area contributed by atoms with Crippen LogP contribution >= 0.6 is 0 Å². The molecule has 0 radical (unpaired) electrons. The number of rotatable bonds is 4. The number of aliphatic hydroxyl groups excluding tert-OH is 4. The van der Waals surface area contributed by atoms with E-state index in [4.69, 9.17) is 9.84 Å². The quantitative estimate of drug-likeness (QED) is 0.399. The highest BCUT2D eigenvalue weighted by atomic mass is 16.7. The molecule has 0 unspecified atom stereocenters. The molecular weight excluding hydrogens is 216 g/mol. The fourth-order valence-electron chi connectivity index (χ4n) is 1.86. The summed E-state index contributed by atoms with van der Waals surface area (Å²) in [6.45, 7) is 1.38. The first-order chi connectivity index (χ1) is 7.46. The molecule has 1 heterocycles. The fraction of sp³-hybridized carbons (Fsp3) is 1.00. The van der Waals surface area contributed by atoms with Crippen LogP contribution in [0.5, 0.6) is 0 Å². The van der Waals surface area contributed by atoms with Crippen molar-refractivity contribution in [2.75, 3.05) is 6.61 Å². The van der Waals surface area contributed by atoms with Gasteiger partial charge in [-0.3, -0.25) is 0 Å². The molecule has 0 aromatic rings. The minimum Gasteiger partial charge on any atom is -0.394 e. The van der Waals surface area contributed by atoms with E-state index in [1.54, 1.807) is 0 Å². The Hall–Kier alpha value is -0.240. The third-order valence-corrected chi connectivity index (χ3v) is 2.94. The molecule has 0 bridgehead atoms. The molecule has 5 atom stereocenters. The van der Waals surface area contributed by atoms with Crippen molar-refractivity contribution in [1.29, 1.82) is 0 Å². The summed E-state index contributed by atoms with van der Waals surface area (Å²) in [5.74, 6) is -1.90. The van der Waals surface area contributed by atoms with Crippen molar-refractivity contribution in [3.05, 3.63) is 0 Å². The molecule has 5 N–H and O–H groups in total. The van der Waals surface area contributed by atoms with Crippen LogP contribution in [-0.2, 0) is 4.74 Å². The van der Waals surface area contributed by atoms with Gasteiger partial charge in [-0.25, -0.2) is 0 Å². The highest BCUT2D eigenvalue weighted by molar-refractivity contribution is 4.95. The van der Waals surface area contributed by atoms with E-state index in [9.17, 15) is 20.4 Å². The van der Waals surface area contributed by atoms with Crippen LogP contribution in [0.1, 0.15) is 26.2 Å².